The molecule has 0 aliphatic heterocycles. The summed E-state index contributed by atoms with van der Waals surface area (Å²) >= 11 is 0. The van der Waals surface area contributed by atoms with Crippen LogP contribution in [0.15, 0.2) is 18.2 Å². The van der Waals surface area contributed by atoms with Crippen LogP contribution in [0.25, 0.3) is 0 Å². The Bertz CT molecular complexity index is 483. The van der Waals surface area contributed by atoms with Crippen molar-refractivity contribution in [3.63, 3.8) is 0 Å². The third-order valence-electron chi connectivity index (χ3n) is 2.87. The monoisotopic (exact) mass is 296 g/mol. The molecular weight excluding hydrogens is 272 g/mol. The second-order valence-electron chi connectivity index (χ2n) is 6.14. The van der Waals surface area contributed by atoms with Crippen LogP contribution in [-0.2, 0) is 0 Å². The summed E-state index contributed by atoms with van der Waals surface area (Å²) in [5.74, 6) is 1.01. The lowest BCUT2D eigenvalue weighted by Crippen LogP contribution is -2.39. The number of hydrogen-bond acceptors (Lipinski definition) is 5. The normalized spacial score (nSPS) is 12.8. The molecule has 0 heterocycles. The van der Waals surface area contributed by atoms with E-state index in [1.165, 1.54) is 13.2 Å². The van der Waals surface area contributed by atoms with Gasteiger partial charge in [0.25, 0.3) is 0 Å². The number of methoxy groups -OCH3 is 1. The topological polar surface area (TPSA) is 73.6 Å². The van der Waals surface area contributed by atoms with Crippen LogP contribution in [0, 0.1) is 16.0 Å². The highest BCUT2D eigenvalue weighted by molar-refractivity contribution is 5.50. The number of nitrogens with one attached hydrogen (secondary N) is 1. The van der Waals surface area contributed by atoms with Crippen molar-refractivity contribution in [3.05, 3.63) is 28.3 Å². The van der Waals surface area contributed by atoms with E-state index in [0.29, 0.717) is 12.4 Å². The van der Waals surface area contributed by atoms with Crippen LogP contribution in [-0.4, -0.2) is 30.7 Å². The number of ether oxygens (including phenoxy) is 2. The Labute approximate surface area is 125 Å². The zero-order chi connectivity index (χ0) is 16.0. The van der Waals surface area contributed by atoms with Crippen LogP contribution in [0.5, 0.6) is 11.5 Å². The fourth-order valence-electron chi connectivity index (χ4n) is 1.66. The summed E-state index contributed by atoms with van der Waals surface area (Å²) in [5.41, 5.74) is -0.0114. The second kappa shape index (κ2) is 7.26. The quantitative estimate of drug-likeness (QED) is 0.618. The number of nitro groups is 1. The summed E-state index contributed by atoms with van der Waals surface area (Å²) < 4.78 is 10.7. The van der Waals surface area contributed by atoms with Gasteiger partial charge < -0.3 is 14.8 Å². The Balaban J connectivity index is 2.67. The first kappa shape index (κ1) is 17.2. The molecular formula is C15H24N2O4. The minimum atomic E-state index is -0.452. The number of rotatable bonds is 7. The van der Waals surface area contributed by atoms with Gasteiger partial charge in [0, 0.05) is 30.1 Å². The van der Waals surface area contributed by atoms with Gasteiger partial charge in [-0.2, -0.15) is 0 Å². The van der Waals surface area contributed by atoms with Crippen molar-refractivity contribution >= 4 is 5.69 Å². The van der Waals surface area contributed by atoms with Gasteiger partial charge in [-0.15, -0.1) is 0 Å². The molecule has 0 aliphatic rings. The Morgan fingerprint density at radius 3 is 2.57 bits per heavy atom. The van der Waals surface area contributed by atoms with Gasteiger partial charge in [0.05, 0.1) is 18.6 Å². The molecule has 1 atom stereocenters. The third-order valence-corrected chi connectivity index (χ3v) is 2.87. The fraction of sp³-hybridized carbons (Fsp3) is 0.600. The van der Waals surface area contributed by atoms with Gasteiger partial charge in [0.15, 0.2) is 0 Å². The Morgan fingerprint density at radius 2 is 2.05 bits per heavy atom. The highest BCUT2D eigenvalue weighted by atomic mass is 16.6. The zero-order valence-corrected chi connectivity index (χ0v) is 13.3. The highest BCUT2D eigenvalue weighted by Crippen LogP contribution is 2.31. The predicted molar refractivity (Wildman–Crippen MR) is 82.1 cm³/mol. The third kappa shape index (κ3) is 5.99. The molecule has 1 N–H and O–H groups in total. The maximum Gasteiger partial charge on any atom is 0.311 e. The van der Waals surface area contributed by atoms with Gasteiger partial charge >= 0.3 is 5.69 Å². The molecule has 1 unspecified atom stereocenters. The van der Waals surface area contributed by atoms with E-state index < -0.39 is 4.92 Å². The SMILES string of the molecule is COc1ccc([N+](=O)[O-])c(OCC(C)CNC(C)(C)C)c1. The summed E-state index contributed by atoms with van der Waals surface area (Å²) in [6, 6.07) is 4.49. The molecule has 21 heavy (non-hydrogen) atoms. The number of benzene rings is 1. The van der Waals surface area contributed by atoms with E-state index >= 15 is 0 Å². The van der Waals surface area contributed by atoms with Gasteiger partial charge in [0.2, 0.25) is 5.75 Å². The molecule has 0 spiro atoms. The highest BCUT2D eigenvalue weighted by Gasteiger charge is 2.17. The van der Waals surface area contributed by atoms with Crippen LogP contribution >= 0.6 is 0 Å². The van der Waals surface area contributed by atoms with Gasteiger partial charge in [0.1, 0.15) is 5.75 Å². The van der Waals surface area contributed by atoms with E-state index in [1.54, 1.807) is 12.1 Å². The molecule has 0 saturated carbocycles. The molecule has 0 radical (unpaired) electrons. The van der Waals surface area contributed by atoms with Crippen molar-refractivity contribution in [2.75, 3.05) is 20.3 Å². The summed E-state index contributed by atoms with van der Waals surface area (Å²) in [5, 5.41) is 14.4. The minimum absolute atomic E-state index is 0.0379. The van der Waals surface area contributed by atoms with Gasteiger partial charge in [-0.3, -0.25) is 10.1 Å². The van der Waals surface area contributed by atoms with Crippen LogP contribution in [0.3, 0.4) is 0 Å². The summed E-state index contributed by atoms with van der Waals surface area (Å²) in [4.78, 5) is 10.5. The van der Waals surface area contributed by atoms with Crippen LogP contribution in [0.2, 0.25) is 0 Å². The molecule has 1 aromatic rings. The maximum absolute atomic E-state index is 11.0. The van der Waals surface area contributed by atoms with Crippen molar-refractivity contribution < 1.29 is 14.4 Å². The summed E-state index contributed by atoms with van der Waals surface area (Å²) in [6.07, 6.45) is 0. The standard InChI is InChI=1S/C15H24N2O4/c1-11(9-16-15(2,3)4)10-21-14-8-12(20-5)6-7-13(14)17(18)19/h6-8,11,16H,9-10H2,1-5H3. The average molecular weight is 296 g/mol. The van der Waals surface area contributed by atoms with E-state index in [0.717, 1.165) is 6.54 Å². The molecule has 0 bridgehead atoms. The van der Waals surface area contributed by atoms with Crippen LogP contribution in [0.4, 0.5) is 5.69 Å². The van der Waals surface area contributed by atoms with Gasteiger partial charge in [-0.1, -0.05) is 6.92 Å². The molecule has 6 heteroatoms. The molecule has 118 valence electrons. The van der Waals surface area contributed by atoms with Crippen molar-refractivity contribution in [2.45, 2.75) is 33.2 Å². The van der Waals surface area contributed by atoms with Gasteiger partial charge in [-0.05, 0) is 26.8 Å². The second-order valence-corrected chi connectivity index (χ2v) is 6.14. The fourth-order valence-corrected chi connectivity index (χ4v) is 1.66. The lowest BCUT2D eigenvalue weighted by molar-refractivity contribution is -0.385. The molecule has 0 saturated heterocycles. The van der Waals surface area contributed by atoms with E-state index in [-0.39, 0.29) is 22.9 Å². The van der Waals surface area contributed by atoms with Crippen molar-refractivity contribution in [1.29, 1.82) is 0 Å². The first-order valence-corrected chi connectivity index (χ1v) is 6.93. The Morgan fingerprint density at radius 1 is 1.38 bits per heavy atom. The number of hydrogen-bond donors (Lipinski definition) is 1. The average Bonchev–Trinajstić information content (AvgIpc) is 2.41. The van der Waals surface area contributed by atoms with E-state index in [4.69, 9.17) is 9.47 Å². The van der Waals surface area contributed by atoms with E-state index in [2.05, 4.69) is 26.1 Å². The maximum atomic E-state index is 11.0. The Hall–Kier alpha value is -1.82. The van der Waals surface area contributed by atoms with Crippen LogP contribution < -0.4 is 14.8 Å². The molecule has 0 fully saturated rings. The number of nitro benzene ring substituents is 1. The lowest BCUT2D eigenvalue weighted by atomic mass is 10.1. The minimum Gasteiger partial charge on any atom is -0.497 e. The number of nitrogens with zero attached hydrogens (tertiary/aromatic N) is 1. The molecule has 0 aliphatic carbocycles. The molecule has 0 amide bonds. The van der Waals surface area contributed by atoms with Crippen molar-refractivity contribution in [1.82, 2.24) is 5.32 Å². The van der Waals surface area contributed by atoms with Crippen LogP contribution in [0.1, 0.15) is 27.7 Å². The predicted octanol–water partition coefficient (Wildman–Crippen LogP) is 3.01. The molecule has 6 nitrogen and oxygen atoms in total. The first-order valence-electron chi connectivity index (χ1n) is 6.93. The summed E-state index contributed by atoms with van der Waals surface area (Å²) in [7, 11) is 1.51. The first-order chi connectivity index (χ1) is 9.73. The lowest BCUT2D eigenvalue weighted by Gasteiger charge is -2.23. The zero-order valence-electron chi connectivity index (χ0n) is 13.3. The van der Waals surface area contributed by atoms with Crippen molar-refractivity contribution in [2.24, 2.45) is 5.92 Å². The van der Waals surface area contributed by atoms with Crippen molar-refractivity contribution in [3.8, 4) is 11.5 Å². The Kier molecular flexibility index (Phi) is 5.96. The van der Waals surface area contributed by atoms with E-state index in [1.807, 2.05) is 6.92 Å². The van der Waals surface area contributed by atoms with Gasteiger partial charge in [-0.25, -0.2) is 0 Å². The largest absolute Gasteiger partial charge is 0.497 e. The molecule has 0 aromatic heterocycles. The smallest absolute Gasteiger partial charge is 0.311 e. The summed E-state index contributed by atoms with van der Waals surface area (Å²) in [6.45, 7) is 9.48. The molecule has 1 rings (SSSR count). The molecule has 1 aromatic carbocycles. The van der Waals surface area contributed by atoms with E-state index in [9.17, 15) is 10.1 Å².